The predicted molar refractivity (Wildman–Crippen MR) is 65.8 cm³/mol. The van der Waals surface area contributed by atoms with Crippen LogP contribution in [-0.2, 0) is 14.8 Å². The highest BCUT2D eigenvalue weighted by molar-refractivity contribution is 7.88. The van der Waals surface area contributed by atoms with E-state index in [1.54, 1.807) is 11.2 Å². The summed E-state index contributed by atoms with van der Waals surface area (Å²) in [5.41, 5.74) is 0. The van der Waals surface area contributed by atoms with Crippen molar-refractivity contribution in [2.45, 2.75) is 44.4 Å². The number of fused-ring (bicyclic) bond motifs is 1. The number of aryl methyl sites for hydroxylation is 1. The van der Waals surface area contributed by atoms with Crippen molar-refractivity contribution in [2.75, 3.05) is 12.8 Å². The van der Waals surface area contributed by atoms with Crippen LogP contribution >= 0.6 is 0 Å². The van der Waals surface area contributed by atoms with Crippen molar-refractivity contribution in [2.24, 2.45) is 0 Å². The molecule has 0 aromatic carbocycles. The molecule has 1 aromatic heterocycles. The molecule has 0 aliphatic carbocycles. The Labute approximate surface area is 112 Å². The molecular weight excluding hydrogens is 270 g/mol. The lowest BCUT2D eigenvalue weighted by Crippen LogP contribution is -2.42. The molecule has 0 unspecified atom stereocenters. The topological polar surface area (TPSA) is 85.5 Å². The molecule has 106 valence electrons. The maximum absolute atomic E-state index is 11.7. The number of nitrogens with zero attached hydrogens (tertiary/aromatic N) is 3. The lowest BCUT2D eigenvalue weighted by atomic mass is 10.00. The molecule has 3 atom stereocenters. The maximum Gasteiger partial charge on any atom is 0.245 e. The van der Waals surface area contributed by atoms with Gasteiger partial charge in [0, 0.05) is 13.5 Å². The molecule has 2 saturated heterocycles. The summed E-state index contributed by atoms with van der Waals surface area (Å²) in [5, 5.41) is 7.78. The molecule has 2 aliphatic rings. The van der Waals surface area contributed by atoms with Gasteiger partial charge in [0.25, 0.3) is 0 Å². The minimum atomic E-state index is -3.15. The van der Waals surface area contributed by atoms with Gasteiger partial charge in [-0.3, -0.25) is 0 Å². The van der Waals surface area contributed by atoms with Crippen LogP contribution in [0.2, 0.25) is 0 Å². The van der Waals surface area contributed by atoms with E-state index >= 15 is 0 Å². The van der Waals surface area contributed by atoms with Crippen LogP contribution < -0.4 is 0 Å². The summed E-state index contributed by atoms with van der Waals surface area (Å²) in [6, 6.07) is -0.0460. The number of aromatic nitrogens is 2. The molecule has 0 saturated carbocycles. The monoisotopic (exact) mass is 287 g/mol. The van der Waals surface area contributed by atoms with Crippen LogP contribution in [0.25, 0.3) is 0 Å². The second kappa shape index (κ2) is 4.53. The minimum Gasteiger partial charge on any atom is -0.423 e. The van der Waals surface area contributed by atoms with E-state index in [-0.39, 0.29) is 18.2 Å². The third-order valence-corrected chi connectivity index (χ3v) is 5.05. The van der Waals surface area contributed by atoms with Crippen LogP contribution in [0, 0.1) is 6.92 Å². The highest BCUT2D eigenvalue weighted by atomic mass is 32.2. The third kappa shape index (κ3) is 2.39. The van der Waals surface area contributed by atoms with Gasteiger partial charge >= 0.3 is 0 Å². The molecular formula is C11H17N3O4S. The summed E-state index contributed by atoms with van der Waals surface area (Å²) < 4.78 is 36.2. The van der Waals surface area contributed by atoms with E-state index in [4.69, 9.17) is 9.15 Å². The molecule has 0 radical (unpaired) electrons. The fraction of sp³-hybridized carbons (Fsp3) is 0.818. The Morgan fingerprint density at radius 2 is 2.05 bits per heavy atom. The first-order valence-corrected chi connectivity index (χ1v) is 8.22. The average molecular weight is 287 g/mol. The van der Waals surface area contributed by atoms with Crippen LogP contribution in [0.3, 0.4) is 0 Å². The van der Waals surface area contributed by atoms with E-state index in [9.17, 15) is 8.42 Å². The molecule has 19 heavy (non-hydrogen) atoms. The fourth-order valence-electron chi connectivity index (χ4n) is 2.92. The standard InChI is InChI=1S/C11H17N3O4S/c1-7-12-13-11(17-7)10-4-3-8-9(18-10)5-6-14(8)19(2,15)16/h8-10H,3-6H2,1-2H3/t8-,9-,10+/m1/s1. The van der Waals surface area contributed by atoms with Crippen molar-refractivity contribution in [3.63, 3.8) is 0 Å². The molecule has 0 amide bonds. The van der Waals surface area contributed by atoms with E-state index in [0.717, 1.165) is 12.8 Å². The molecule has 3 heterocycles. The van der Waals surface area contributed by atoms with E-state index in [1.807, 2.05) is 0 Å². The van der Waals surface area contributed by atoms with E-state index in [0.29, 0.717) is 24.7 Å². The Bertz CT molecular complexity index is 570. The zero-order chi connectivity index (χ0) is 13.6. The van der Waals surface area contributed by atoms with Gasteiger partial charge in [0.1, 0.15) is 6.10 Å². The van der Waals surface area contributed by atoms with E-state index < -0.39 is 10.0 Å². The average Bonchev–Trinajstić information content (AvgIpc) is 2.92. The van der Waals surface area contributed by atoms with Gasteiger partial charge in [-0.05, 0) is 19.3 Å². The fourth-order valence-corrected chi connectivity index (χ4v) is 4.09. The summed E-state index contributed by atoms with van der Waals surface area (Å²) in [5.74, 6) is 1.01. The molecule has 0 bridgehead atoms. The van der Waals surface area contributed by atoms with Crippen LogP contribution in [-0.4, -0.2) is 47.9 Å². The van der Waals surface area contributed by atoms with Crippen LogP contribution in [0.5, 0.6) is 0 Å². The van der Waals surface area contributed by atoms with Gasteiger partial charge in [0.15, 0.2) is 0 Å². The second-order valence-corrected chi connectivity index (χ2v) is 7.06. The summed E-state index contributed by atoms with van der Waals surface area (Å²) in [6.45, 7) is 2.27. The summed E-state index contributed by atoms with van der Waals surface area (Å²) in [4.78, 5) is 0. The van der Waals surface area contributed by atoms with Crippen molar-refractivity contribution >= 4 is 10.0 Å². The zero-order valence-corrected chi connectivity index (χ0v) is 11.8. The lowest BCUT2D eigenvalue weighted by Gasteiger charge is -2.33. The molecule has 2 fully saturated rings. The number of hydrogen-bond donors (Lipinski definition) is 0. The molecule has 8 heteroatoms. The van der Waals surface area contributed by atoms with Crippen molar-refractivity contribution in [1.82, 2.24) is 14.5 Å². The maximum atomic E-state index is 11.7. The Hall–Kier alpha value is -0.990. The van der Waals surface area contributed by atoms with Crippen LogP contribution in [0.4, 0.5) is 0 Å². The number of ether oxygens (including phenoxy) is 1. The normalized spacial score (nSPS) is 32.4. The Balaban J connectivity index is 1.74. The molecule has 0 spiro atoms. The van der Waals surface area contributed by atoms with E-state index in [2.05, 4.69) is 10.2 Å². The predicted octanol–water partition coefficient (Wildman–Crippen LogP) is 0.632. The van der Waals surface area contributed by atoms with Gasteiger partial charge in [0.05, 0.1) is 18.4 Å². The number of hydrogen-bond acceptors (Lipinski definition) is 6. The first-order chi connectivity index (χ1) is 8.95. The third-order valence-electron chi connectivity index (χ3n) is 3.74. The largest absolute Gasteiger partial charge is 0.423 e. The minimum absolute atomic E-state index is 0.0460. The van der Waals surface area contributed by atoms with Gasteiger partial charge in [-0.15, -0.1) is 10.2 Å². The molecule has 7 nitrogen and oxygen atoms in total. The molecule has 3 rings (SSSR count). The SMILES string of the molecule is Cc1nnc([C@@H]2CC[C@@H]3[C@@H](CCN3S(C)(=O)=O)O2)o1. The summed E-state index contributed by atoms with van der Waals surface area (Å²) in [6.07, 6.45) is 3.17. The Kier molecular flexibility index (Phi) is 3.11. The first kappa shape index (κ1) is 13.0. The van der Waals surface area contributed by atoms with Gasteiger partial charge in [-0.25, -0.2) is 8.42 Å². The summed E-state index contributed by atoms with van der Waals surface area (Å²) >= 11 is 0. The van der Waals surface area contributed by atoms with Crippen molar-refractivity contribution in [3.8, 4) is 0 Å². The molecule has 0 N–H and O–H groups in total. The quantitative estimate of drug-likeness (QED) is 0.793. The van der Waals surface area contributed by atoms with Gasteiger partial charge < -0.3 is 9.15 Å². The highest BCUT2D eigenvalue weighted by Crippen LogP contribution is 2.38. The zero-order valence-electron chi connectivity index (χ0n) is 10.9. The van der Waals surface area contributed by atoms with Crippen LogP contribution in [0.15, 0.2) is 4.42 Å². The van der Waals surface area contributed by atoms with Gasteiger partial charge in [-0.2, -0.15) is 4.31 Å². The van der Waals surface area contributed by atoms with Crippen molar-refractivity contribution in [1.29, 1.82) is 0 Å². The molecule has 2 aliphatic heterocycles. The highest BCUT2D eigenvalue weighted by Gasteiger charge is 2.44. The smallest absolute Gasteiger partial charge is 0.245 e. The van der Waals surface area contributed by atoms with Crippen molar-refractivity contribution in [3.05, 3.63) is 11.8 Å². The lowest BCUT2D eigenvalue weighted by molar-refractivity contribution is -0.0738. The Morgan fingerprint density at radius 3 is 2.68 bits per heavy atom. The molecule has 1 aromatic rings. The van der Waals surface area contributed by atoms with Crippen molar-refractivity contribution < 1.29 is 17.6 Å². The Morgan fingerprint density at radius 1 is 1.26 bits per heavy atom. The first-order valence-electron chi connectivity index (χ1n) is 6.37. The van der Waals surface area contributed by atoms with Gasteiger partial charge in [-0.1, -0.05) is 0 Å². The summed E-state index contributed by atoms with van der Waals surface area (Å²) in [7, 11) is -3.15. The van der Waals surface area contributed by atoms with E-state index in [1.165, 1.54) is 6.26 Å². The van der Waals surface area contributed by atoms with Gasteiger partial charge in [0.2, 0.25) is 21.8 Å². The number of rotatable bonds is 2. The second-order valence-electron chi connectivity index (χ2n) is 5.13. The number of sulfonamides is 1. The van der Waals surface area contributed by atoms with Crippen LogP contribution in [0.1, 0.15) is 37.1 Å².